The lowest BCUT2D eigenvalue weighted by atomic mass is 10.2. The van der Waals surface area contributed by atoms with Crippen LogP contribution in [0.4, 0.5) is 5.69 Å². The molecule has 0 spiro atoms. The second kappa shape index (κ2) is 12.5. The molecule has 0 aliphatic carbocycles. The summed E-state index contributed by atoms with van der Waals surface area (Å²) in [5, 5.41) is 7.14. The molecule has 0 radical (unpaired) electrons. The standard InChI is InChI=1S/C22H26ClN3O4/c1-3-4-12-30-19-9-8-16(13-20(19)29-2)15-24-26-22(28)11-10-21(27)25-18-7-5-6-17(23)14-18/h5-9,13-15H,3-4,10-12H2,1-2H3,(H,25,27)(H,26,28). The minimum Gasteiger partial charge on any atom is -0.493 e. The lowest BCUT2D eigenvalue weighted by molar-refractivity contribution is -0.124. The lowest BCUT2D eigenvalue weighted by Gasteiger charge is -2.10. The monoisotopic (exact) mass is 431 g/mol. The first-order valence-corrected chi connectivity index (χ1v) is 10.1. The van der Waals surface area contributed by atoms with Crippen LogP contribution in [0.2, 0.25) is 5.02 Å². The van der Waals surface area contributed by atoms with E-state index in [-0.39, 0.29) is 24.7 Å². The van der Waals surface area contributed by atoms with E-state index in [9.17, 15) is 9.59 Å². The van der Waals surface area contributed by atoms with Gasteiger partial charge in [0.15, 0.2) is 11.5 Å². The van der Waals surface area contributed by atoms with E-state index >= 15 is 0 Å². The molecular weight excluding hydrogens is 406 g/mol. The van der Waals surface area contributed by atoms with E-state index in [1.165, 1.54) is 6.21 Å². The molecule has 160 valence electrons. The number of carbonyl (C=O) groups is 2. The van der Waals surface area contributed by atoms with Crippen molar-refractivity contribution in [1.29, 1.82) is 0 Å². The van der Waals surface area contributed by atoms with Crippen LogP contribution in [0, 0.1) is 0 Å². The molecule has 0 aromatic heterocycles. The predicted octanol–water partition coefficient (Wildman–Crippen LogP) is 4.40. The van der Waals surface area contributed by atoms with Gasteiger partial charge in [-0.15, -0.1) is 0 Å². The van der Waals surface area contributed by atoms with E-state index in [4.69, 9.17) is 21.1 Å². The largest absolute Gasteiger partial charge is 0.493 e. The Morgan fingerprint density at radius 1 is 1.10 bits per heavy atom. The third kappa shape index (κ3) is 8.13. The van der Waals surface area contributed by atoms with Crippen molar-refractivity contribution in [1.82, 2.24) is 5.43 Å². The molecule has 2 rings (SSSR count). The number of hydrazone groups is 1. The van der Waals surface area contributed by atoms with E-state index in [1.54, 1.807) is 43.5 Å². The van der Waals surface area contributed by atoms with Gasteiger partial charge in [-0.25, -0.2) is 5.43 Å². The van der Waals surface area contributed by atoms with Crippen molar-refractivity contribution in [2.75, 3.05) is 19.0 Å². The minimum atomic E-state index is -0.362. The first-order chi connectivity index (χ1) is 14.5. The molecule has 0 aliphatic rings. The summed E-state index contributed by atoms with van der Waals surface area (Å²) in [6.07, 6.45) is 3.57. The van der Waals surface area contributed by atoms with Crippen LogP contribution in [0.5, 0.6) is 11.5 Å². The van der Waals surface area contributed by atoms with E-state index in [0.717, 1.165) is 18.4 Å². The Labute approximate surface area is 181 Å². The van der Waals surface area contributed by atoms with Gasteiger partial charge in [-0.1, -0.05) is 31.0 Å². The van der Waals surface area contributed by atoms with Crippen molar-refractivity contribution in [2.24, 2.45) is 5.10 Å². The summed E-state index contributed by atoms with van der Waals surface area (Å²) >= 11 is 5.87. The number of nitrogens with zero attached hydrogens (tertiary/aromatic N) is 1. The van der Waals surface area contributed by atoms with Crippen molar-refractivity contribution >= 4 is 35.3 Å². The predicted molar refractivity (Wildman–Crippen MR) is 118 cm³/mol. The molecule has 2 aromatic rings. The van der Waals surface area contributed by atoms with Gasteiger partial charge in [0, 0.05) is 23.6 Å². The van der Waals surface area contributed by atoms with Crippen LogP contribution in [-0.4, -0.2) is 31.7 Å². The van der Waals surface area contributed by atoms with Gasteiger partial charge in [0.25, 0.3) is 0 Å². The van der Waals surface area contributed by atoms with Gasteiger partial charge in [0.2, 0.25) is 11.8 Å². The number of anilines is 1. The Kier molecular flexibility index (Phi) is 9.67. The number of benzene rings is 2. The summed E-state index contributed by atoms with van der Waals surface area (Å²) in [7, 11) is 1.57. The Morgan fingerprint density at radius 3 is 2.63 bits per heavy atom. The maximum Gasteiger partial charge on any atom is 0.240 e. The molecule has 2 N–H and O–H groups in total. The molecule has 2 amide bonds. The van der Waals surface area contributed by atoms with E-state index in [2.05, 4.69) is 22.8 Å². The fourth-order valence-electron chi connectivity index (χ4n) is 2.46. The second-order valence-corrected chi connectivity index (χ2v) is 6.90. The molecule has 0 unspecified atom stereocenters. The molecule has 2 aromatic carbocycles. The molecule has 8 heteroatoms. The van der Waals surface area contributed by atoms with Gasteiger partial charge in [-0.3, -0.25) is 9.59 Å². The summed E-state index contributed by atoms with van der Waals surface area (Å²) in [6, 6.07) is 12.2. The average Bonchev–Trinajstić information content (AvgIpc) is 2.73. The van der Waals surface area contributed by atoms with Crippen molar-refractivity contribution in [3.8, 4) is 11.5 Å². The van der Waals surface area contributed by atoms with Gasteiger partial charge >= 0.3 is 0 Å². The zero-order valence-corrected chi connectivity index (χ0v) is 17.9. The minimum absolute atomic E-state index is 0.0112. The first-order valence-electron chi connectivity index (χ1n) is 9.70. The highest BCUT2D eigenvalue weighted by molar-refractivity contribution is 6.30. The summed E-state index contributed by atoms with van der Waals surface area (Å²) in [6.45, 7) is 2.72. The molecule has 0 saturated heterocycles. The highest BCUT2D eigenvalue weighted by Crippen LogP contribution is 2.27. The average molecular weight is 432 g/mol. The maximum atomic E-state index is 11.9. The number of amides is 2. The number of hydrogen-bond acceptors (Lipinski definition) is 5. The molecule has 0 atom stereocenters. The Hall–Kier alpha value is -3.06. The molecule has 0 aliphatic heterocycles. The van der Waals surface area contributed by atoms with Crippen molar-refractivity contribution in [2.45, 2.75) is 32.6 Å². The van der Waals surface area contributed by atoms with Gasteiger partial charge in [0.05, 0.1) is 19.9 Å². The number of methoxy groups -OCH3 is 1. The zero-order chi connectivity index (χ0) is 21.8. The van der Waals surface area contributed by atoms with Crippen LogP contribution < -0.4 is 20.2 Å². The van der Waals surface area contributed by atoms with Gasteiger partial charge < -0.3 is 14.8 Å². The van der Waals surface area contributed by atoms with Crippen molar-refractivity contribution < 1.29 is 19.1 Å². The smallest absolute Gasteiger partial charge is 0.240 e. The zero-order valence-electron chi connectivity index (χ0n) is 17.1. The van der Waals surface area contributed by atoms with Crippen LogP contribution in [0.1, 0.15) is 38.2 Å². The Morgan fingerprint density at radius 2 is 1.90 bits per heavy atom. The maximum absolute atomic E-state index is 11.9. The summed E-state index contributed by atoms with van der Waals surface area (Å²) < 4.78 is 11.0. The van der Waals surface area contributed by atoms with Crippen molar-refractivity contribution in [3.05, 3.63) is 53.1 Å². The van der Waals surface area contributed by atoms with Crippen LogP contribution in [0.15, 0.2) is 47.6 Å². The molecule has 30 heavy (non-hydrogen) atoms. The normalized spacial score (nSPS) is 10.6. The molecule has 0 bridgehead atoms. The van der Waals surface area contributed by atoms with Crippen LogP contribution in [0.3, 0.4) is 0 Å². The number of rotatable bonds is 11. The number of halogens is 1. The Bertz CT molecular complexity index is 886. The summed E-state index contributed by atoms with van der Waals surface area (Å²) in [5.41, 5.74) is 3.74. The van der Waals surface area contributed by atoms with E-state index in [0.29, 0.717) is 28.8 Å². The van der Waals surface area contributed by atoms with Gasteiger partial charge in [0.1, 0.15) is 0 Å². The van der Waals surface area contributed by atoms with Crippen LogP contribution in [0.25, 0.3) is 0 Å². The molecule has 0 fully saturated rings. The number of ether oxygens (including phenoxy) is 2. The third-order valence-corrected chi connectivity index (χ3v) is 4.27. The lowest BCUT2D eigenvalue weighted by Crippen LogP contribution is -2.20. The molecular formula is C22H26ClN3O4. The van der Waals surface area contributed by atoms with Crippen LogP contribution in [-0.2, 0) is 9.59 Å². The highest BCUT2D eigenvalue weighted by atomic mass is 35.5. The van der Waals surface area contributed by atoms with Gasteiger partial charge in [-0.05, 0) is 48.4 Å². The van der Waals surface area contributed by atoms with Gasteiger partial charge in [-0.2, -0.15) is 5.10 Å². The highest BCUT2D eigenvalue weighted by Gasteiger charge is 2.08. The van der Waals surface area contributed by atoms with E-state index in [1.807, 2.05) is 6.07 Å². The first kappa shape index (κ1) is 23.2. The van der Waals surface area contributed by atoms with E-state index < -0.39 is 0 Å². The third-order valence-electron chi connectivity index (χ3n) is 4.03. The Balaban J connectivity index is 1.78. The molecule has 0 heterocycles. The molecule has 0 saturated carbocycles. The number of unbranched alkanes of at least 4 members (excludes halogenated alkanes) is 1. The number of nitrogens with one attached hydrogen (secondary N) is 2. The number of hydrogen-bond donors (Lipinski definition) is 2. The number of carbonyl (C=O) groups excluding carboxylic acids is 2. The summed E-state index contributed by atoms with van der Waals surface area (Å²) in [4.78, 5) is 23.8. The SMILES string of the molecule is CCCCOc1ccc(C=NNC(=O)CCC(=O)Nc2cccc(Cl)c2)cc1OC. The van der Waals surface area contributed by atoms with Crippen molar-refractivity contribution in [3.63, 3.8) is 0 Å². The quantitative estimate of drug-likeness (QED) is 0.313. The fraction of sp³-hybridized carbons (Fsp3) is 0.318. The topological polar surface area (TPSA) is 89.0 Å². The van der Waals surface area contributed by atoms with Crippen LogP contribution >= 0.6 is 11.6 Å². The molecule has 7 nitrogen and oxygen atoms in total. The summed E-state index contributed by atoms with van der Waals surface area (Å²) in [5.74, 6) is 0.621. The fourth-order valence-corrected chi connectivity index (χ4v) is 2.65. The second-order valence-electron chi connectivity index (χ2n) is 6.46.